The van der Waals surface area contributed by atoms with Crippen LogP contribution < -0.4 is 15.4 Å². The Labute approximate surface area is 261 Å². The predicted octanol–water partition coefficient (Wildman–Crippen LogP) is 3.90. The van der Waals surface area contributed by atoms with Gasteiger partial charge in [-0.1, -0.05) is 44.2 Å². The molecule has 10 nitrogen and oxygen atoms in total. The van der Waals surface area contributed by atoms with Crippen LogP contribution in [0.4, 0.5) is 8.78 Å². The summed E-state index contributed by atoms with van der Waals surface area (Å²) in [7, 11) is 0. The fourth-order valence-corrected chi connectivity index (χ4v) is 5.36. The maximum atomic E-state index is 15.4. The van der Waals surface area contributed by atoms with Crippen molar-refractivity contribution in [3.8, 4) is 5.75 Å². The number of hydrogen-bond donors (Lipinski definition) is 2. The van der Waals surface area contributed by atoms with Crippen molar-refractivity contribution in [2.24, 2.45) is 5.41 Å². The highest BCUT2D eigenvalue weighted by molar-refractivity contribution is 5.98. The number of nitrogens with one attached hydrogen (secondary N) is 2. The molecule has 0 aliphatic carbocycles. The van der Waals surface area contributed by atoms with Gasteiger partial charge in [-0.25, -0.2) is 8.78 Å². The Balaban J connectivity index is 2.10. The van der Waals surface area contributed by atoms with E-state index in [1.807, 2.05) is 0 Å². The molecule has 0 spiro atoms. The minimum absolute atomic E-state index is 0.0283. The van der Waals surface area contributed by atoms with Crippen molar-refractivity contribution < 1.29 is 42.2 Å². The van der Waals surface area contributed by atoms with Crippen molar-refractivity contribution in [2.75, 3.05) is 13.1 Å². The molecule has 3 unspecified atom stereocenters. The van der Waals surface area contributed by atoms with E-state index in [0.717, 1.165) is 11.8 Å². The number of nitrogens with zero attached hydrogens (tertiary/aromatic N) is 1. The lowest BCUT2D eigenvalue weighted by Gasteiger charge is -2.48. The van der Waals surface area contributed by atoms with Crippen LogP contribution in [0, 0.1) is 19.3 Å². The van der Waals surface area contributed by atoms with Gasteiger partial charge in [-0.05, 0) is 56.9 Å². The van der Waals surface area contributed by atoms with Crippen molar-refractivity contribution in [1.29, 1.82) is 0 Å². The molecule has 1 fully saturated rings. The lowest BCUT2D eigenvalue weighted by Crippen LogP contribution is -2.66. The van der Waals surface area contributed by atoms with Gasteiger partial charge in [0.25, 0.3) is 17.7 Å². The Morgan fingerprint density at radius 3 is 2.24 bits per heavy atom. The van der Waals surface area contributed by atoms with Gasteiger partial charge in [-0.15, -0.1) is 0 Å². The van der Waals surface area contributed by atoms with Gasteiger partial charge in [0.15, 0.2) is 0 Å². The molecule has 3 atom stereocenters. The van der Waals surface area contributed by atoms with E-state index in [9.17, 15) is 24.0 Å². The molecular formula is C33H41F2N3O7. The molecule has 1 heterocycles. The predicted molar refractivity (Wildman–Crippen MR) is 162 cm³/mol. The van der Waals surface area contributed by atoms with E-state index in [2.05, 4.69) is 10.6 Å². The normalized spacial score (nSPS) is 18.2. The first-order valence-electron chi connectivity index (χ1n) is 14.7. The highest BCUT2D eigenvalue weighted by Gasteiger charge is 2.57. The number of amides is 3. The first-order valence-corrected chi connectivity index (χ1v) is 14.7. The molecule has 0 aromatic heterocycles. The number of halogens is 2. The Morgan fingerprint density at radius 1 is 1.02 bits per heavy atom. The van der Waals surface area contributed by atoms with Gasteiger partial charge in [-0.3, -0.25) is 24.0 Å². The summed E-state index contributed by atoms with van der Waals surface area (Å²) in [5.74, 6) is -7.02. The van der Waals surface area contributed by atoms with E-state index in [-0.39, 0.29) is 30.7 Å². The van der Waals surface area contributed by atoms with Gasteiger partial charge >= 0.3 is 11.9 Å². The molecule has 0 bridgehead atoms. The van der Waals surface area contributed by atoms with Gasteiger partial charge in [0.2, 0.25) is 12.0 Å². The topological polar surface area (TPSA) is 131 Å². The fraction of sp³-hybridized carbons (Fsp3) is 0.485. The summed E-state index contributed by atoms with van der Waals surface area (Å²) < 4.78 is 41.5. The monoisotopic (exact) mass is 629 g/mol. The molecule has 0 radical (unpaired) electrons. The summed E-state index contributed by atoms with van der Waals surface area (Å²) >= 11 is 0. The standard InChI is InChI=1S/C33H41F2N3O7/c1-8-36-30(42)26-17-32(6,7)33(34,35)18-38(26)31(43)28(45-22(5)40)25(16-23-12-10-9-11-13-23)37-29(41)24-14-19(2)15-27(20(24)3)44-21(4)39/h9-15,25-26,28H,8,16-18H2,1-7H3,(H,36,42)(H,37,41). The summed E-state index contributed by atoms with van der Waals surface area (Å²) in [5.41, 5.74) is 0.120. The van der Waals surface area contributed by atoms with Crippen LogP contribution in [0.2, 0.25) is 0 Å². The number of likely N-dealkylation sites (N-methyl/N-ethyl adjacent to an activating group) is 1. The van der Waals surface area contributed by atoms with Crippen molar-refractivity contribution in [2.45, 2.75) is 85.4 Å². The maximum absolute atomic E-state index is 15.4. The van der Waals surface area contributed by atoms with Gasteiger partial charge in [0, 0.05) is 36.9 Å². The molecule has 1 saturated heterocycles. The number of piperidine rings is 1. The molecule has 2 N–H and O–H groups in total. The molecule has 244 valence electrons. The van der Waals surface area contributed by atoms with Crippen LogP contribution in [-0.2, 0) is 30.3 Å². The fourth-order valence-electron chi connectivity index (χ4n) is 5.36. The number of ether oxygens (including phenoxy) is 2. The van der Waals surface area contributed by atoms with E-state index in [4.69, 9.17) is 9.47 Å². The Morgan fingerprint density at radius 2 is 1.67 bits per heavy atom. The Bertz CT molecular complexity index is 1450. The van der Waals surface area contributed by atoms with Gasteiger partial charge in [0.1, 0.15) is 11.8 Å². The van der Waals surface area contributed by atoms with Gasteiger partial charge in [0.05, 0.1) is 12.6 Å². The van der Waals surface area contributed by atoms with E-state index >= 15 is 8.78 Å². The molecule has 1 aliphatic heterocycles. The third kappa shape index (κ3) is 8.43. The SMILES string of the molecule is CCNC(=O)C1CC(C)(C)C(F)(F)CN1C(=O)C(OC(C)=O)C(Cc1ccccc1)NC(=O)c1cc(C)cc(OC(C)=O)c1C. The van der Waals surface area contributed by atoms with Crippen LogP contribution in [0.3, 0.4) is 0 Å². The summed E-state index contributed by atoms with van der Waals surface area (Å²) in [6.07, 6.45) is -2.14. The van der Waals surface area contributed by atoms with Crippen LogP contribution in [0.15, 0.2) is 42.5 Å². The number of esters is 2. The lowest BCUT2D eigenvalue weighted by atomic mass is 9.75. The second-order valence-corrected chi connectivity index (χ2v) is 12.0. The zero-order valence-electron chi connectivity index (χ0n) is 26.7. The summed E-state index contributed by atoms with van der Waals surface area (Å²) in [6.45, 7) is 9.03. The minimum atomic E-state index is -3.38. The number of likely N-dealkylation sites (tertiary alicyclic amines) is 1. The van der Waals surface area contributed by atoms with Crippen LogP contribution in [0.1, 0.15) is 68.1 Å². The first kappa shape index (κ1) is 35.1. The van der Waals surface area contributed by atoms with Crippen molar-refractivity contribution >= 4 is 29.7 Å². The molecule has 12 heteroatoms. The highest BCUT2D eigenvalue weighted by atomic mass is 19.3. The van der Waals surface area contributed by atoms with E-state index in [0.29, 0.717) is 16.7 Å². The van der Waals surface area contributed by atoms with E-state index in [1.54, 1.807) is 63.2 Å². The molecule has 45 heavy (non-hydrogen) atoms. The van der Waals surface area contributed by atoms with Crippen molar-refractivity contribution in [3.05, 3.63) is 64.7 Å². The van der Waals surface area contributed by atoms with E-state index in [1.165, 1.54) is 20.8 Å². The van der Waals surface area contributed by atoms with Crippen molar-refractivity contribution in [3.63, 3.8) is 0 Å². The number of carbonyl (C=O) groups excluding carboxylic acids is 5. The second-order valence-electron chi connectivity index (χ2n) is 12.0. The first-order chi connectivity index (χ1) is 21.0. The molecule has 2 aromatic carbocycles. The summed E-state index contributed by atoms with van der Waals surface area (Å²) in [4.78, 5) is 65.9. The van der Waals surface area contributed by atoms with Crippen LogP contribution in [0.5, 0.6) is 5.75 Å². The van der Waals surface area contributed by atoms with E-state index < -0.39 is 65.7 Å². The van der Waals surface area contributed by atoms with Crippen LogP contribution in [-0.4, -0.2) is 71.8 Å². The smallest absolute Gasteiger partial charge is 0.308 e. The van der Waals surface area contributed by atoms with Crippen LogP contribution in [0.25, 0.3) is 0 Å². The number of benzene rings is 2. The number of rotatable bonds is 10. The molecule has 3 rings (SSSR count). The largest absolute Gasteiger partial charge is 0.450 e. The zero-order chi connectivity index (χ0) is 33.7. The Kier molecular flexibility index (Phi) is 11.1. The summed E-state index contributed by atoms with van der Waals surface area (Å²) in [5, 5.41) is 5.38. The number of carbonyl (C=O) groups is 5. The van der Waals surface area contributed by atoms with Gasteiger partial charge < -0.3 is 25.0 Å². The summed E-state index contributed by atoms with van der Waals surface area (Å²) in [6, 6.07) is 9.37. The Hall–Kier alpha value is -4.35. The minimum Gasteiger partial charge on any atom is -0.450 e. The highest BCUT2D eigenvalue weighted by Crippen LogP contribution is 2.45. The zero-order valence-corrected chi connectivity index (χ0v) is 26.7. The number of aryl methyl sites for hydroxylation is 1. The molecular weight excluding hydrogens is 588 g/mol. The lowest BCUT2D eigenvalue weighted by molar-refractivity contribution is -0.190. The molecule has 2 aromatic rings. The molecule has 0 saturated carbocycles. The quantitative estimate of drug-likeness (QED) is 0.301. The molecule has 1 aliphatic rings. The average Bonchev–Trinajstić information content (AvgIpc) is 2.94. The number of hydrogen-bond acceptors (Lipinski definition) is 7. The number of alkyl halides is 2. The molecule has 3 amide bonds. The maximum Gasteiger partial charge on any atom is 0.308 e. The van der Waals surface area contributed by atoms with Gasteiger partial charge in [-0.2, -0.15) is 0 Å². The van der Waals surface area contributed by atoms with Crippen LogP contribution >= 0.6 is 0 Å². The van der Waals surface area contributed by atoms with Crippen molar-refractivity contribution in [1.82, 2.24) is 15.5 Å². The third-order valence-electron chi connectivity index (χ3n) is 7.90. The third-order valence-corrected chi connectivity index (χ3v) is 7.90. The average molecular weight is 630 g/mol. The second kappa shape index (κ2) is 14.2.